The molecule has 1 aromatic carbocycles. The van der Waals surface area contributed by atoms with Gasteiger partial charge in [0.2, 0.25) is 5.91 Å². The zero-order valence-electron chi connectivity index (χ0n) is 14.9. The minimum Gasteiger partial charge on any atom is -0.336 e. The van der Waals surface area contributed by atoms with Crippen LogP contribution in [0.3, 0.4) is 0 Å². The molecular formula is C20H26N4O. The highest BCUT2D eigenvalue weighted by Crippen LogP contribution is 2.34. The Morgan fingerprint density at radius 2 is 2.08 bits per heavy atom. The Morgan fingerprint density at radius 3 is 2.80 bits per heavy atom. The van der Waals surface area contributed by atoms with Crippen molar-refractivity contribution in [2.45, 2.75) is 18.9 Å². The molecule has 2 heterocycles. The molecule has 1 aliphatic heterocycles. The molecule has 5 heteroatoms. The summed E-state index contributed by atoms with van der Waals surface area (Å²) in [5.74, 6) is 1.53. The number of nitrogens with zero attached hydrogens (tertiary/aromatic N) is 3. The van der Waals surface area contributed by atoms with Crippen molar-refractivity contribution in [2.75, 3.05) is 20.1 Å². The van der Waals surface area contributed by atoms with E-state index in [2.05, 4.69) is 34.6 Å². The second-order valence-electron chi connectivity index (χ2n) is 6.62. The van der Waals surface area contributed by atoms with Crippen LogP contribution in [0.5, 0.6) is 0 Å². The Balaban J connectivity index is 1.59. The SMILES string of the molecule is CN1C(=O)CC[C@H](CNC/C=C/c2ccccc2)[C@H]1c1nccn1C. The van der Waals surface area contributed by atoms with Gasteiger partial charge in [0.15, 0.2) is 0 Å². The molecule has 2 atom stereocenters. The van der Waals surface area contributed by atoms with E-state index < -0.39 is 0 Å². The highest BCUT2D eigenvalue weighted by atomic mass is 16.2. The van der Waals surface area contributed by atoms with Crippen molar-refractivity contribution in [1.29, 1.82) is 0 Å². The Bertz CT molecular complexity index is 722. The van der Waals surface area contributed by atoms with Crippen molar-refractivity contribution >= 4 is 12.0 Å². The standard InChI is InChI=1S/C20H26N4O/c1-23-14-13-22-20(23)19-17(10-11-18(25)24(19)2)15-21-12-6-9-16-7-4-3-5-8-16/h3-9,13-14,17,19,21H,10-12,15H2,1-2H3/b9-6+/t17-,19+/m1/s1. The van der Waals surface area contributed by atoms with Gasteiger partial charge < -0.3 is 14.8 Å². The summed E-state index contributed by atoms with van der Waals surface area (Å²) < 4.78 is 2.02. The number of aryl methyl sites for hydroxylation is 1. The average molecular weight is 338 g/mol. The first-order chi connectivity index (χ1) is 12.2. The fraction of sp³-hybridized carbons (Fsp3) is 0.400. The highest BCUT2D eigenvalue weighted by Gasteiger charge is 2.36. The molecule has 3 rings (SSSR count). The Labute approximate surface area is 149 Å². The first-order valence-corrected chi connectivity index (χ1v) is 8.82. The lowest BCUT2D eigenvalue weighted by Gasteiger charge is -2.38. The molecule has 2 aromatic rings. The average Bonchev–Trinajstić information content (AvgIpc) is 3.04. The molecule has 0 bridgehead atoms. The number of carbonyl (C=O) groups excluding carboxylic acids is 1. The van der Waals surface area contributed by atoms with Crippen LogP contribution in [-0.4, -0.2) is 40.5 Å². The fourth-order valence-corrected chi connectivity index (χ4v) is 3.49. The molecule has 0 spiro atoms. The summed E-state index contributed by atoms with van der Waals surface area (Å²) in [4.78, 5) is 18.5. The van der Waals surface area contributed by atoms with E-state index in [9.17, 15) is 4.79 Å². The third-order valence-corrected chi connectivity index (χ3v) is 4.89. The van der Waals surface area contributed by atoms with Gasteiger partial charge in [-0.15, -0.1) is 0 Å². The summed E-state index contributed by atoms with van der Waals surface area (Å²) in [6.45, 7) is 1.69. The second-order valence-corrected chi connectivity index (χ2v) is 6.62. The van der Waals surface area contributed by atoms with Gasteiger partial charge in [0.1, 0.15) is 5.82 Å². The van der Waals surface area contributed by atoms with Crippen molar-refractivity contribution in [1.82, 2.24) is 19.8 Å². The van der Waals surface area contributed by atoms with Crippen molar-refractivity contribution in [3.63, 3.8) is 0 Å². The Kier molecular flexibility index (Phi) is 5.66. The van der Waals surface area contributed by atoms with Gasteiger partial charge in [0.05, 0.1) is 6.04 Å². The zero-order valence-corrected chi connectivity index (χ0v) is 14.9. The van der Waals surface area contributed by atoms with E-state index in [1.165, 1.54) is 5.56 Å². The van der Waals surface area contributed by atoms with Crippen LogP contribution in [-0.2, 0) is 11.8 Å². The molecule has 0 radical (unpaired) electrons. The highest BCUT2D eigenvalue weighted by molar-refractivity contribution is 5.77. The first-order valence-electron chi connectivity index (χ1n) is 8.82. The minimum absolute atomic E-state index is 0.0341. The van der Waals surface area contributed by atoms with Gasteiger partial charge in [0, 0.05) is 46.0 Å². The van der Waals surface area contributed by atoms with Gasteiger partial charge in [-0.3, -0.25) is 4.79 Å². The largest absolute Gasteiger partial charge is 0.336 e. The molecule has 1 N–H and O–H groups in total. The number of rotatable bonds is 6. The molecule has 1 fully saturated rings. The Morgan fingerprint density at radius 1 is 1.28 bits per heavy atom. The van der Waals surface area contributed by atoms with E-state index in [1.807, 2.05) is 48.0 Å². The third-order valence-electron chi connectivity index (χ3n) is 4.89. The van der Waals surface area contributed by atoms with Crippen LogP contribution >= 0.6 is 0 Å². The van der Waals surface area contributed by atoms with Crippen LogP contribution < -0.4 is 5.32 Å². The monoisotopic (exact) mass is 338 g/mol. The predicted molar refractivity (Wildman–Crippen MR) is 99.8 cm³/mol. The van der Waals surface area contributed by atoms with E-state index in [1.54, 1.807) is 6.20 Å². The molecule has 1 aromatic heterocycles. The molecule has 1 amide bonds. The van der Waals surface area contributed by atoms with Crippen molar-refractivity contribution in [3.8, 4) is 0 Å². The second kappa shape index (κ2) is 8.12. The number of benzene rings is 1. The molecule has 1 aliphatic rings. The maximum atomic E-state index is 12.1. The number of carbonyl (C=O) groups is 1. The van der Waals surface area contributed by atoms with E-state index in [0.29, 0.717) is 12.3 Å². The summed E-state index contributed by atoms with van der Waals surface area (Å²) in [5, 5.41) is 3.51. The maximum Gasteiger partial charge on any atom is 0.222 e. The first kappa shape index (κ1) is 17.4. The van der Waals surface area contributed by atoms with Crippen LogP contribution in [0.25, 0.3) is 6.08 Å². The van der Waals surface area contributed by atoms with Gasteiger partial charge in [-0.2, -0.15) is 0 Å². The number of likely N-dealkylation sites (tertiary alicyclic amines) is 1. The summed E-state index contributed by atoms with van der Waals surface area (Å²) in [5.41, 5.74) is 1.21. The van der Waals surface area contributed by atoms with Crippen LogP contribution in [0.15, 0.2) is 48.8 Å². The van der Waals surface area contributed by atoms with E-state index in [0.717, 1.165) is 25.3 Å². The smallest absolute Gasteiger partial charge is 0.222 e. The summed E-state index contributed by atoms with van der Waals surface area (Å²) in [6, 6.07) is 10.3. The minimum atomic E-state index is 0.0341. The third kappa shape index (κ3) is 4.17. The lowest BCUT2D eigenvalue weighted by molar-refractivity contribution is -0.137. The topological polar surface area (TPSA) is 50.2 Å². The van der Waals surface area contributed by atoms with Crippen LogP contribution in [0.2, 0.25) is 0 Å². The zero-order chi connectivity index (χ0) is 17.6. The number of hydrogen-bond acceptors (Lipinski definition) is 3. The van der Waals surface area contributed by atoms with E-state index in [4.69, 9.17) is 0 Å². The van der Waals surface area contributed by atoms with Crippen molar-refractivity contribution < 1.29 is 4.79 Å². The predicted octanol–water partition coefficient (Wildman–Crippen LogP) is 2.63. The summed E-state index contributed by atoms with van der Waals surface area (Å²) in [6.07, 6.45) is 9.52. The molecule has 0 saturated carbocycles. The number of piperidine rings is 1. The van der Waals surface area contributed by atoms with Crippen molar-refractivity contribution in [3.05, 3.63) is 60.2 Å². The lowest BCUT2D eigenvalue weighted by Crippen LogP contribution is -2.44. The van der Waals surface area contributed by atoms with Gasteiger partial charge in [-0.25, -0.2) is 4.98 Å². The summed E-state index contributed by atoms with van der Waals surface area (Å²) in [7, 11) is 3.88. The molecular weight excluding hydrogens is 312 g/mol. The number of amides is 1. The van der Waals surface area contributed by atoms with Gasteiger partial charge >= 0.3 is 0 Å². The number of hydrogen-bond donors (Lipinski definition) is 1. The normalized spacial score (nSPS) is 21.2. The number of aromatic nitrogens is 2. The van der Waals surface area contributed by atoms with Gasteiger partial charge in [-0.1, -0.05) is 42.5 Å². The Hall–Kier alpha value is -2.40. The summed E-state index contributed by atoms with van der Waals surface area (Å²) >= 11 is 0. The van der Waals surface area contributed by atoms with Crippen LogP contribution in [0.4, 0.5) is 0 Å². The van der Waals surface area contributed by atoms with E-state index in [-0.39, 0.29) is 11.9 Å². The quantitative estimate of drug-likeness (QED) is 0.824. The van der Waals surface area contributed by atoms with Crippen molar-refractivity contribution in [2.24, 2.45) is 13.0 Å². The number of nitrogens with one attached hydrogen (secondary N) is 1. The maximum absolute atomic E-state index is 12.1. The van der Waals surface area contributed by atoms with Gasteiger partial charge in [-0.05, 0) is 17.9 Å². The van der Waals surface area contributed by atoms with Gasteiger partial charge in [0.25, 0.3) is 0 Å². The lowest BCUT2D eigenvalue weighted by atomic mass is 9.88. The molecule has 25 heavy (non-hydrogen) atoms. The molecule has 0 aliphatic carbocycles. The number of imidazole rings is 1. The molecule has 5 nitrogen and oxygen atoms in total. The molecule has 132 valence electrons. The fourth-order valence-electron chi connectivity index (χ4n) is 3.49. The molecule has 1 saturated heterocycles. The molecule has 0 unspecified atom stereocenters. The van der Waals surface area contributed by atoms with Crippen LogP contribution in [0, 0.1) is 5.92 Å². The van der Waals surface area contributed by atoms with E-state index >= 15 is 0 Å². The van der Waals surface area contributed by atoms with Crippen LogP contribution in [0.1, 0.15) is 30.3 Å².